The zero-order chi connectivity index (χ0) is 21.1. The number of carbonyl (C=O) groups excluding carboxylic acids is 1. The molecule has 1 N–H and O–H groups in total. The number of aromatic nitrogens is 3. The van der Waals surface area contributed by atoms with E-state index in [0.717, 1.165) is 27.6 Å². The van der Waals surface area contributed by atoms with Crippen molar-refractivity contribution in [1.82, 2.24) is 19.4 Å². The number of imidazole rings is 1. The van der Waals surface area contributed by atoms with E-state index < -0.39 is 6.55 Å². The maximum atomic E-state index is 12.8. The molecule has 0 radical (unpaired) electrons. The van der Waals surface area contributed by atoms with Crippen LogP contribution in [0, 0.1) is 0 Å². The number of para-hydroxylation sites is 1. The molecule has 4 aromatic rings. The molecular formula is C23H22F2N4O. The number of alkyl halides is 2. The first-order valence-electron chi connectivity index (χ1n) is 9.85. The summed E-state index contributed by atoms with van der Waals surface area (Å²) in [6.07, 6.45) is 6.01. The number of rotatable bonds is 7. The smallest absolute Gasteiger partial charge is 0.319 e. The van der Waals surface area contributed by atoms with Crippen molar-refractivity contribution in [1.29, 1.82) is 0 Å². The normalized spacial score (nSPS) is 11.9. The minimum atomic E-state index is -2.63. The second kappa shape index (κ2) is 8.49. The Labute approximate surface area is 172 Å². The first-order chi connectivity index (χ1) is 14.6. The van der Waals surface area contributed by atoms with Crippen LogP contribution < -0.4 is 5.32 Å². The van der Waals surface area contributed by atoms with E-state index in [1.54, 1.807) is 6.08 Å². The van der Waals surface area contributed by atoms with Crippen LogP contribution in [0.1, 0.15) is 24.9 Å². The Hall–Kier alpha value is -3.48. The van der Waals surface area contributed by atoms with Crippen molar-refractivity contribution in [2.45, 2.75) is 26.4 Å². The molecule has 0 saturated heterocycles. The number of nitrogens with zero attached hydrogens (tertiary/aromatic N) is 3. The van der Waals surface area contributed by atoms with E-state index in [9.17, 15) is 13.6 Å². The largest absolute Gasteiger partial charge is 0.352 e. The summed E-state index contributed by atoms with van der Waals surface area (Å²) in [7, 11) is 0. The minimum absolute atomic E-state index is 0.232. The molecule has 0 atom stereocenters. The Morgan fingerprint density at radius 2 is 1.97 bits per heavy atom. The summed E-state index contributed by atoms with van der Waals surface area (Å²) in [4.78, 5) is 16.0. The molecule has 5 nitrogen and oxygen atoms in total. The number of aryl methyl sites for hydroxylation is 1. The summed E-state index contributed by atoms with van der Waals surface area (Å²) in [6, 6.07) is 14.4. The fourth-order valence-corrected chi connectivity index (χ4v) is 3.76. The van der Waals surface area contributed by atoms with Crippen molar-refractivity contribution in [3.8, 4) is 0 Å². The van der Waals surface area contributed by atoms with Crippen molar-refractivity contribution >= 4 is 33.8 Å². The summed E-state index contributed by atoms with van der Waals surface area (Å²) in [5.41, 5.74) is 3.27. The Balaban J connectivity index is 1.45. The van der Waals surface area contributed by atoms with Gasteiger partial charge in [0.25, 0.3) is 0 Å². The van der Waals surface area contributed by atoms with Gasteiger partial charge in [-0.25, -0.2) is 4.98 Å². The van der Waals surface area contributed by atoms with Crippen LogP contribution in [0.25, 0.3) is 27.9 Å². The second-order valence-electron chi connectivity index (χ2n) is 6.94. The maximum absolute atomic E-state index is 12.8. The van der Waals surface area contributed by atoms with Gasteiger partial charge in [-0.1, -0.05) is 24.3 Å². The number of benzene rings is 2. The topological polar surface area (TPSA) is 51.9 Å². The van der Waals surface area contributed by atoms with E-state index >= 15 is 0 Å². The predicted octanol–water partition coefficient (Wildman–Crippen LogP) is 4.78. The first-order valence-corrected chi connectivity index (χ1v) is 9.85. The number of amides is 1. The fourth-order valence-electron chi connectivity index (χ4n) is 3.76. The van der Waals surface area contributed by atoms with Crippen LogP contribution in [0.4, 0.5) is 8.78 Å². The van der Waals surface area contributed by atoms with Gasteiger partial charge in [0.05, 0.1) is 0 Å². The molecule has 30 heavy (non-hydrogen) atoms. The second-order valence-corrected chi connectivity index (χ2v) is 6.94. The molecule has 2 heterocycles. The summed E-state index contributed by atoms with van der Waals surface area (Å²) >= 11 is 0. The van der Waals surface area contributed by atoms with E-state index in [2.05, 4.69) is 46.1 Å². The average Bonchev–Trinajstić information content (AvgIpc) is 3.34. The highest BCUT2D eigenvalue weighted by atomic mass is 19.3. The lowest BCUT2D eigenvalue weighted by Gasteiger charge is -2.06. The number of hydrogen-bond acceptors (Lipinski definition) is 2. The summed E-state index contributed by atoms with van der Waals surface area (Å²) in [5, 5.41) is 5.04. The lowest BCUT2D eigenvalue weighted by Crippen LogP contribution is -2.24. The molecule has 0 bridgehead atoms. The standard InChI is InChI=1S/C23H22F2N4O/c1-2-28-19-6-4-3-5-17(19)18-15-16(7-9-20(18)28)8-10-22(30)27-12-11-21-26-13-14-29(21)23(24)25/h3-10,13-15,23H,2,11-12H2,1H3,(H,27,30)/b10-8+. The van der Waals surface area contributed by atoms with Crippen molar-refractivity contribution in [3.63, 3.8) is 0 Å². The maximum Gasteiger partial charge on any atom is 0.319 e. The Morgan fingerprint density at radius 1 is 1.17 bits per heavy atom. The minimum Gasteiger partial charge on any atom is -0.352 e. The van der Waals surface area contributed by atoms with E-state index in [1.807, 2.05) is 18.2 Å². The van der Waals surface area contributed by atoms with E-state index in [-0.39, 0.29) is 24.7 Å². The van der Waals surface area contributed by atoms with Crippen molar-refractivity contribution in [2.75, 3.05) is 6.54 Å². The van der Waals surface area contributed by atoms with Gasteiger partial charge in [0.2, 0.25) is 5.91 Å². The summed E-state index contributed by atoms with van der Waals surface area (Å²) in [6.45, 7) is 0.603. The van der Waals surface area contributed by atoms with Gasteiger partial charge in [0.1, 0.15) is 5.82 Å². The third kappa shape index (κ3) is 3.83. The number of hydrogen-bond donors (Lipinski definition) is 1. The number of halogens is 2. The van der Waals surface area contributed by atoms with Gasteiger partial charge in [0.15, 0.2) is 0 Å². The van der Waals surface area contributed by atoms with Crippen LogP contribution in [-0.4, -0.2) is 26.6 Å². The van der Waals surface area contributed by atoms with Crippen LogP contribution in [0.2, 0.25) is 0 Å². The monoisotopic (exact) mass is 408 g/mol. The van der Waals surface area contributed by atoms with Gasteiger partial charge in [-0.3, -0.25) is 9.36 Å². The first kappa shape index (κ1) is 19.8. The molecule has 0 saturated carbocycles. The lowest BCUT2D eigenvalue weighted by atomic mass is 10.1. The van der Waals surface area contributed by atoms with E-state index in [1.165, 1.54) is 29.4 Å². The average molecular weight is 408 g/mol. The Morgan fingerprint density at radius 3 is 2.77 bits per heavy atom. The van der Waals surface area contributed by atoms with E-state index in [0.29, 0.717) is 0 Å². The van der Waals surface area contributed by atoms with Crippen molar-refractivity contribution in [2.24, 2.45) is 0 Å². The SMILES string of the molecule is CCn1c2ccccc2c2cc(/C=C/C(=O)NCCc3nccn3C(F)F)ccc21. The Bertz CT molecular complexity index is 1220. The molecule has 0 aliphatic heterocycles. The van der Waals surface area contributed by atoms with Crippen molar-refractivity contribution in [3.05, 3.63) is 72.3 Å². The van der Waals surface area contributed by atoms with Crippen LogP contribution >= 0.6 is 0 Å². The quantitative estimate of drug-likeness (QED) is 0.448. The van der Waals surface area contributed by atoms with Gasteiger partial charge in [-0.05, 0) is 36.8 Å². The highest BCUT2D eigenvalue weighted by Crippen LogP contribution is 2.29. The van der Waals surface area contributed by atoms with Crippen LogP contribution in [0.15, 0.2) is 60.9 Å². The molecule has 4 rings (SSSR count). The summed E-state index contributed by atoms with van der Waals surface area (Å²) < 4.78 is 28.7. The molecule has 7 heteroatoms. The van der Waals surface area contributed by atoms with E-state index in [4.69, 9.17) is 0 Å². The molecule has 0 aliphatic carbocycles. The zero-order valence-electron chi connectivity index (χ0n) is 16.6. The highest BCUT2D eigenvalue weighted by molar-refractivity contribution is 6.08. The fraction of sp³-hybridized carbons (Fsp3) is 0.217. The third-order valence-electron chi connectivity index (χ3n) is 5.15. The van der Waals surface area contributed by atoms with Crippen LogP contribution in [0.3, 0.4) is 0 Å². The lowest BCUT2D eigenvalue weighted by molar-refractivity contribution is -0.116. The molecule has 1 amide bonds. The zero-order valence-corrected chi connectivity index (χ0v) is 16.6. The molecule has 0 spiro atoms. The predicted molar refractivity (Wildman–Crippen MR) is 114 cm³/mol. The number of nitrogens with one attached hydrogen (secondary N) is 1. The highest BCUT2D eigenvalue weighted by Gasteiger charge is 2.11. The van der Waals surface area contributed by atoms with Crippen molar-refractivity contribution < 1.29 is 13.6 Å². The molecule has 0 fully saturated rings. The van der Waals surface area contributed by atoms with Gasteiger partial charge >= 0.3 is 6.55 Å². The third-order valence-corrected chi connectivity index (χ3v) is 5.15. The molecule has 2 aromatic carbocycles. The number of carbonyl (C=O) groups is 1. The van der Waals surface area contributed by atoms with Gasteiger partial charge < -0.3 is 9.88 Å². The molecule has 154 valence electrons. The Kier molecular flexibility index (Phi) is 5.61. The van der Waals surface area contributed by atoms with Gasteiger partial charge in [-0.15, -0.1) is 0 Å². The van der Waals surface area contributed by atoms with Crippen LogP contribution in [0.5, 0.6) is 0 Å². The molecule has 0 unspecified atom stereocenters. The van der Waals surface area contributed by atoms with Gasteiger partial charge in [0, 0.05) is 59.8 Å². The molecule has 2 aromatic heterocycles. The molecule has 0 aliphatic rings. The number of fused-ring (bicyclic) bond motifs is 3. The molecular weight excluding hydrogens is 386 g/mol. The summed E-state index contributed by atoms with van der Waals surface area (Å²) in [5.74, 6) is -0.0340. The van der Waals surface area contributed by atoms with Crippen LogP contribution in [-0.2, 0) is 17.8 Å². The van der Waals surface area contributed by atoms with Gasteiger partial charge in [-0.2, -0.15) is 8.78 Å².